The molecule has 1 aromatic rings. The van der Waals surface area contributed by atoms with E-state index in [0.29, 0.717) is 41.1 Å². The number of aromatic nitrogens is 1. The lowest BCUT2D eigenvalue weighted by Gasteiger charge is -2.62. The molecule has 31 heavy (non-hydrogen) atoms. The van der Waals surface area contributed by atoms with Gasteiger partial charge in [0.1, 0.15) is 11.4 Å². The third-order valence-corrected chi connectivity index (χ3v) is 8.42. The van der Waals surface area contributed by atoms with Crippen LogP contribution in [0.5, 0.6) is 5.88 Å². The number of pyridine rings is 1. The van der Waals surface area contributed by atoms with Crippen LogP contribution in [0.4, 0.5) is 14.5 Å². The minimum atomic E-state index is -2.67. The van der Waals surface area contributed by atoms with E-state index in [4.69, 9.17) is 4.74 Å². The first kappa shape index (κ1) is 19.7. The largest absolute Gasteiger partial charge is 0.476 e. The molecule has 1 aromatic heterocycles. The zero-order valence-electron chi connectivity index (χ0n) is 18.6. The Kier molecular flexibility index (Phi) is 3.76. The van der Waals surface area contributed by atoms with Crippen LogP contribution >= 0.6 is 0 Å². The van der Waals surface area contributed by atoms with Crippen LogP contribution in [0.15, 0.2) is 12.1 Å². The lowest BCUT2D eigenvalue weighted by molar-refractivity contribution is -0.115. The van der Waals surface area contributed by atoms with Gasteiger partial charge < -0.3 is 14.5 Å². The quantitative estimate of drug-likeness (QED) is 0.695. The van der Waals surface area contributed by atoms with Gasteiger partial charge in [-0.1, -0.05) is 20.8 Å². The smallest absolute Gasteiger partial charge is 0.282 e. The number of anilines is 1. The lowest BCUT2D eigenvalue weighted by Crippen LogP contribution is -2.70. The van der Waals surface area contributed by atoms with Gasteiger partial charge in [-0.3, -0.25) is 4.79 Å². The highest BCUT2D eigenvalue weighted by Crippen LogP contribution is 2.74. The number of carbonyl (C=O) groups is 1. The molecule has 1 amide bonds. The van der Waals surface area contributed by atoms with Gasteiger partial charge in [0.2, 0.25) is 5.88 Å². The van der Waals surface area contributed by atoms with Crippen LogP contribution in [0.1, 0.15) is 63.4 Å². The number of halogens is 2. The van der Waals surface area contributed by atoms with Crippen LogP contribution in [-0.4, -0.2) is 53.5 Å². The highest BCUT2D eigenvalue weighted by molar-refractivity contribution is 5.95. The van der Waals surface area contributed by atoms with Gasteiger partial charge in [0.05, 0.1) is 25.2 Å². The summed E-state index contributed by atoms with van der Waals surface area (Å²) in [5.74, 6) is -1.30. The molecule has 7 heteroatoms. The van der Waals surface area contributed by atoms with E-state index >= 15 is 0 Å². The second-order valence-electron chi connectivity index (χ2n) is 11.8. The molecule has 3 saturated carbocycles. The molecule has 2 saturated heterocycles. The highest BCUT2D eigenvalue weighted by Gasteiger charge is 2.78. The maximum absolute atomic E-state index is 13.5. The highest BCUT2D eigenvalue weighted by atomic mass is 19.3. The molecule has 0 aromatic carbocycles. The second-order valence-corrected chi connectivity index (χ2v) is 11.8. The minimum Gasteiger partial charge on any atom is -0.476 e. The van der Waals surface area contributed by atoms with Gasteiger partial charge in [-0.15, -0.1) is 0 Å². The van der Waals surface area contributed by atoms with Crippen LogP contribution < -0.4 is 9.64 Å². The third kappa shape index (κ3) is 2.91. The van der Waals surface area contributed by atoms with Gasteiger partial charge in [0, 0.05) is 12.0 Å². The number of amides is 1. The fourth-order valence-corrected chi connectivity index (χ4v) is 6.95. The first-order chi connectivity index (χ1) is 14.5. The molecule has 3 heterocycles. The average molecular weight is 432 g/mol. The predicted octanol–water partition coefficient (Wildman–Crippen LogP) is 4.37. The Balaban J connectivity index is 1.24. The van der Waals surface area contributed by atoms with E-state index in [9.17, 15) is 13.6 Å². The van der Waals surface area contributed by atoms with Gasteiger partial charge >= 0.3 is 0 Å². The van der Waals surface area contributed by atoms with Gasteiger partial charge in [0.25, 0.3) is 11.8 Å². The van der Waals surface area contributed by atoms with Crippen LogP contribution in [0, 0.1) is 22.7 Å². The first-order valence-corrected chi connectivity index (χ1v) is 11.6. The Morgan fingerprint density at radius 2 is 1.90 bits per heavy atom. The van der Waals surface area contributed by atoms with Crippen molar-refractivity contribution in [2.75, 3.05) is 31.1 Å². The molecular formula is C24H31F2N3O2. The SMILES string of the molecule is CC1(C)CC2CC23N(C(=O)c2ccc(N4CC(F)(F)C4)c(OCC4CC4)n2)CC3(C)C1. The van der Waals surface area contributed by atoms with Crippen molar-refractivity contribution in [3.8, 4) is 5.88 Å². The zero-order chi connectivity index (χ0) is 21.8. The number of rotatable bonds is 5. The maximum Gasteiger partial charge on any atom is 0.282 e. The lowest BCUT2D eigenvalue weighted by atomic mass is 9.56. The molecule has 1 spiro atoms. The van der Waals surface area contributed by atoms with Crippen molar-refractivity contribution in [1.82, 2.24) is 9.88 Å². The minimum absolute atomic E-state index is 0.00544. The summed E-state index contributed by atoms with van der Waals surface area (Å²) in [5, 5.41) is 0. The summed E-state index contributed by atoms with van der Waals surface area (Å²) in [6, 6.07) is 3.43. The van der Waals surface area contributed by atoms with E-state index in [1.165, 1.54) is 0 Å². The molecule has 0 bridgehead atoms. The van der Waals surface area contributed by atoms with Gasteiger partial charge in [-0.05, 0) is 61.5 Å². The summed E-state index contributed by atoms with van der Waals surface area (Å²) in [7, 11) is 0. The predicted molar refractivity (Wildman–Crippen MR) is 113 cm³/mol. The van der Waals surface area contributed by atoms with Gasteiger partial charge in [0.15, 0.2) is 0 Å². The molecule has 5 fully saturated rings. The molecule has 168 valence electrons. The van der Waals surface area contributed by atoms with Crippen LogP contribution in [0.2, 0.25) is 0 Å². The molecule has 2 aliphatic heterocycles. The summed E-state index contributed by atoms with van der Waals surface area (Å²) in [4.78, 5) is 21.7. The van der Waals surface area contributed by atoms with E-state index in [2.05, 4.69) is 25.8 Å². The summed E-state index contributed by atoms with van der Waals surface area (Å²) in [5.41, 5.74) is 1.45. The van der Waals surface area contributed by atoms with Crippen molar-refractivity contribution in [3.63, 3.8) is 0 Å². The topological polar surface area (TPSA) is 45.7 Å². The van der Waals surface area contributed by atoms with Crippen LogP contribution in [0.3, 0.4) is 0 Å². The van der Waals surface area contributed by atoms with E-state index in [-0.39, 0.29) is 30.0 Å². The number of alkyl halides is 2. The maximum atomic E-state index is 13.5. The van der Waals surface area contributed by atoms with Crippen molar-refractivity contribution in [2.24, 2.45) is 22.7 Å². The molecule has 5 aliphatic rings. The fourth-order valence-electron chi connectivity index (χ4n) is 6.95. The number of hydrogen-bond donors (Lipinski definition) is 0. The van der Waals surface area contributed by atoms with Crippen molar-refractivity contribution in [2.45, 2.75) is 64.3 Å². The molecule has 3 atom stereocenters. The Morgan fingerprint density at radius 3 is 2.55 bits per heavy atom. The van der Waals surface area contributed by atoms with Crippen molar-refractivity contribution < 1.29 is 18.3 Å². The zero-order valence-corrected chi connectivity index (χ0v) is 18.6. The Labute approximate surface area is 182 Å². The standard InChI is InChI=1S/C24H31F2N3O2/c1-21(2)8-16-9-24(16)22(3,11-21)12-29(24)20(30)17-6-7-18(28-13-23(25,26)14-28)19(27-17)31-10-15-4-5-15/h6-7,15-16H,4-5,8-14H2,1-3H3. The molecule has 3 aliphatic carbocycles. The van der Waals surface area contributed by atoms with E-state index in [0.717, 1.165) is 38.6 Å². The Bertz CT molecular complexity index is 954. The average Bonchev–Trinajstić information content (AvgIpc) is 3.56. The van der Waals surface area contributed by atoms with Gasteiger partial charge in [-0.2, -0.15) is 0 Å². The molecule has 3 unspecified atom stereocenters. The molecule has 0 radical (unpaired) electrons. The van der Waals surface area contributed by atoms with E-state index in [1.807, 2.05) is 4.90 Å². The van der Waals surface area contributed by atoms with E-state index in [1.54, 1.807) is 17.0 Å². The van der Waals surface area contributed by atoms with Crippen LogP contribution in [-0.2, 0) is 0 Å². The second kappa shape index (κ2) is 5.90. The first-order valence-electron chi connectivity index (χ1n) is 11.6. The summed E-state index contributed by atoms with van der Waals surface area (Å²) in [6.45, 7) is 7.67. The van der Waals surface area contributed by atoms with Crippen molar-refractivity contribution in [1.29, 1.82) is 0 Å². The summed E-state index contributed by atoms with van der Waals surface area (Å²) in [6.07, 6.45) is 5.65. The summed E-state index contributed by atoms with van der Waals surface area (Å²) >= 11 is 0. The molecular weight excluding hydrogens is 400 g/mol. The van der Waals surface area contributed by atoms with E-state index < -0.39 is 5.92 Å². The number of nitrogens with zero attached hydrogens (tertiary/aromatic N) is 3. The number of likely N-dealkylation sites (tertiary alicyclic amines) is 1. The number of hydrogen-bond acceptors (Lipinski definition) is 4. The Morgan fingerprint density at radius 1 is 1.16 bits per heavy atom. The third-order valence-electron chi connectivity index (χ3n) is 8.42. The summed E-state index contributed by atoms with van der Waals surface area (Å²) < 4.78 is 32.8. The number of ether oxygens (including phenoxy) is 1. The van der Waals surface area contributed by atoms with Crippen molar-refractivity contribution >= 4 is 11.6 Å². The molecule has 5 nitrogen and oxygen atoms in total. The van der Waals surface area contributed by atoms with Crippen LogP contribution in [0.25, 0.3) is 0 Å². The van der Waals surface area contributed by atoms with Gasteiger partial charge in [-0.25, -0.2) is 13.8 Å². The number of carbonyl (C=O) groups excluding carboxylic acids is 1. The Hall–Kier alpha value is -1.92. The normalized spacial score (nSPS) is 36.6. The molecule has 6 rings (SSSR count). The fraction of sp³-hybridized carbons (Fsp3) is 0.750. The molecule has 0 N–H and O–H groups in total. The van der Waals surface area contributed by atoms with Crippen molar-refractivity contribution in [3.05, 3.63) is 17.8 Å². The monoisotopic (exact) mass is 431 g/mol.